The maximum absolute atomic E-state index is 4.07. The summed E-state index contributed by atoms with van der Waals surface area (Å²) in [5.74, 6) is 0. The number of aryl methyl sites for hydroxylation is 1. The van der Waals surface area contributed by atoms with E-state index >= 15 is 0 Å². The highest BCUT2D eigenvalue weighted by molar-refractivity contribution is 5.61. The van der Waals surface area contributed by atoms with Crippen molar-refractivity contribution >= 4 is 0 Å². The van der Waals surface area contributed by atoms with Crippen LogP contribution >= 0.6 is 0 Å². The highest BCUT2D eigenvalue weighted by atomic mass is 15.1. The third-order valence-electron chi connectivity index (χ3n) is 3.87. The summed E-state index contributed by atoms with van der Waals surface area (Å²) in [4.78, 5) is 10.5. The molecule has 0 amide bonds. The monoisotopic (exact) mass is 303 g/mol. The quantitative estimate of drug-likeness (QED) is 0.711. The molecular formula is C20H21N3. The van der Waals surface area contributed by atoms with Gasteiger partial charge in [-0.1, -0.05) is 54.1 Å². The summed E-state index contributed by atoms with van der Waals surface area (Å²) < 4.78 is 0. The van der Waals surface area contributed by atoms with Gasteiger partial charge in [-0.05, 0) is 30.7 Å². The topological polar surface area (TPSA) is 29.0 Å². The second-order valence-electron chi connectivity index (χ2n) is 5.98. The van der Waals surface area contributed by atoms with E-state index in [9.17, 15) is 0 Å². The fourth-order valence-electron chi connectivity index (χ4n) is 2.62. The second-order valence-corrected chi connectivity index (χ2v) is 5.98. The van der Waals surface area contributed by atoms with Crippen LogP contribution in [0, 0.1) is 6.92 Å². The van der Waals surface area contributed by atoms with Crippen molar-refractivity contribution in [2.24, 2.45) is 0 Å². The van der Waals surface area contributed by atoms with Crippen LogP contribution in [0.5, 0.6) is 0 Å². The van der Waals surface area contributed by atoms with Crippen LogP contribution in [0.4, 0.5) is 0 Å². The van der Waals surface area contributed by atoms with Crippen LogP contribution in [0.2, 0.25) is 0 Å². The lowest BCUT2D eigenvalue weighted by Gasteiger charge is -2.17. The molecule has 0 aliphatic carbocycles. The van der Waals surface area contributed by atoms with Crippen molar-refractivity contribution in [1.29, 1.82) is 0 Å². The van der Waals surface area contributed by atoms with Gasteiger partial charge in [0.1, 0.15) is 6.33 Å². The molecule has 0 atom stereocenters. The minimum atomic E-state index is 0.930. The Kier molecular flexibility index (Phi) is 4.79. The standard InChI is InChI=1S/C20H21N3/c1-16-3-5-17(6-4-16)13-23(2)14-18-7-9-19(10-8-18)20-11-21-15-22-12-20/h3-12,15H,13-14H2,1-2H3. The van der Waals surface area contributed by atoms with Crippen molar-refractivity contribution in [2.75, 3.05) is 7.05 Å². The molecule has 3 nitrogen and oxygen atoms in total. The van der Waals surface area contributed by atoms with Gasteiger partial charge in [0.05, 0.1) is 0 Å². The van der Waals surface area contributed by atoms with Crippen LogP contribution in [0.25, 0.3) is 11.1 Å². The lowest BCUT2D eigenvalue weighted by atomic mass is 10.1. The molecule has 0 aliphatic rings. The highest BCUT2D eigenvalue weighted by Gasteiger charge is 2.03. The van der Waals surface area contributed by atoms with Gasteiger partial charge in [-0.3, -0.25) is 4.90 Å². The number of aromatic nitrogens is 2. The zero-order chi connectivity index (χ0) is 16.1. The van der Waals surface area contributed by atoms with E-state index in [2.05, 4.69) is 77.4 Å². The van der Waals surface area contributed by atoms with E-state index < -0.39 is 0 Å². The molecular weight excluding hydrogens is 282 g/mol. The van der Waals surface area contributed by atoms with E-state index in [1.54, 1.807) is 6.33 Å². The molecule has 0 saturated carbocycles. The van der Waals surface area contributed by atoms with E-state index in [-0.39, 0.29) is 0 Å². The molecule has 0 N–H and O–H groups in total. The fourth-order valence-corrected chi connectivity index (χ4v) is 2.62. The van der Waals surface area contributed by atoms with E-state index in [1.807, 2.05) is 12.4 Å². The number of hydrogen-bond donors (Lipinski definition) is 0. The minimum Gasteiger partial charge on any atom is -0.298 e. The normalized spacial score (nSPS) is 10.9. The van der Waals surface area contributed by atoms with Gasteiger partial charge < -0.3 is 0 Å². The molecule has 0 spiro atoms. The molecule has 0 saturated heterocycles. The molecule has 116 valence electrons. The Balaban J connectivity index is 1.62. The summed E-state index contributed by atoms with van der Waals surface area (Å²) >= 11 is 0. The average molecular weight is 303 g/mol. The maximum Gasteiger partial charge on any atom is 0.115 e. The molecule has 0 unspecified atom stereocenters. The summed E-state index contributed by atoms with van der Waals surface area (Å²) in [6, 6.07) is 17.3. The molecule has 0 aliphatic heterocycles. The first-order valence-electron chi connectivity index (χ1n) is 7.79. The second kappa shape index (κ2) is 7.16. The van der Waals surface area contributed by atoms with Gasteiger partial charge in [0.15, 0.2) is 0 Å². The van der Waals surface area contributed by atoms with E-state index in [0.717, 1.165) is 24.2 Å². The van der Waals surface area contributed by atoms with Crippen LogP contribution in [-0.2, 0) is 13.1 Å². The Morgan fingerprint density at radius 2 is 1.26 bits per heavy atom. The summed E-state index contributed by atoms with van der Waals surface area (Å²) in [5, 5.41) is 0. The van der Waals surface area contributed by atoms with Crippen LogP contribution in [0.3, 0.4) is 0 Å². The molecule has 1 aromatic heterocycles. The lowest BCUT2D eigenvalue weighted by Crippen LogP contribution is -2.17. The van der Waals surface area contributed by atoms with Gasteiger partial charge in [0.2, 0.25) is 0 Å². The molecule has 3 heteroatoms. The number of rotatable bonds is 5. The largest absolute Gasteiger partial charge is 0.298 e. The smallest absolute Gasteiger partial charge is 0.115 e. The molecule has 0 bridgehead atoms. The van der Waals surface area contributed by atoms with Gasteiger partial charge in [-0.2, -0.15) is 0 Å². The lowest BCUT2D eigenvalue weighted by molar-refractivity contribution is 0.319. The Morgan fingerprint density at radius 3 is 1.83 bits per heavy atom. The molecule has 23 heavy (non-hydrogen) atoms. The third kappa shape index (κ3) is 4.24. The predicted molar refractivity (Wildman–Crippen MR) is 93.8 cm³/mol. The van der Waals surface area contributed by atoms with Crippen LogP contribution in [0.1, 0.15) is 16.7 Å². The summed E-state index contributed by atoms with van der Waals surface area (Å²) in [5.41, 5.74) is 6.15. The summed E-state index contributed by atoms with van der Waals surface area (Å²) in [6.45, 7) is 4.00. The van der Waals surface area contributed by atoms with Gasteiger partial charge in [-0.25, -0.2) is 9.97 Å². The predicted octanol–water partition coefficient (Wildman–Crippen LogP) is 4.08. The molecule has 0 fully saturated rings. The molecule has 3 rings (SSSR count). The van der Waals surface area contributed by atoms with Crippen LogP contribution in [-0.4, -0.2) is 21.9 Å². The van der Waals surface area contributed by atoms with E-state index in [4.69, 9.17) is 0 Å². The van der Waals surface area contributed by atoms with Gasteiger partial charge in [0.25, 0.3) is 0 Å². The van der Waals surface area contributed by atoms with Crippen molar-refractivity contribution in [3.63, 3.8) is 0 Å². The molecule has 2 aromatic carbocycles. The van der Waals surface area contributed by atoms with Crippen molar-refractivity contribution in [3.05, 3.63) is 83.9 Å². The van der Waals surface area contributed by atoms with Gasteiger partial charge in [-0.15, -0.1) is 0 Å². The first kappa shape index (κ1) is 15.4. The Labute approximate surface area is 137 Å². The van der Waals surface area contributed by atoms with Crippen molar-refractivity contribution < 1.29 is 0 Å². The van der Waals surface area contributed by atoms with E-state index in [0.29, 0.717) is 0 Å². The SMILES string of the molecule is Cc1ccc(CN(C)Cc2ccc(-c3cncnc3)cc2)cc1. The number of benzene rings is 2. The molecule has 1 heterocycles. The number of hydrogen-bond acceptors (Lipinski definition) is 3. The first-order chi connectivity index (χ1) is 11.2. The van der Waals surface area contributed by atoms with Crippen LogP contribution in [0.15, 0.2) is 67.3 Å². The van der Waals surface area contributed by atoms with Gasteiger partial charge in [0, 0.05) is 31.0 Å². The minimum absolute atomic E-state index is 0.930. The zero-order valence-electron chi connectivity index (χ0n) is 13.6. The zero-order valence-corrected chi connectivity index (χ0v) is 13.6. The Hall–Kier alpha value is -2.52. The molecule has 3 aromatic rings. The van der Waals surface area contributed by atoms with Crippen molar-refractivity contribution in [2.45, 2.75) is 20.0 Å². The third-order valence-corrected chi connectivity index (χ3v) is 3.87. The number of nitrogens with zero attached hydrogens (tertiary/aromatic N) is 3. The maximum atomic E-state index is 4.07. The average Bonchev–Trinajstić information content (AvgIpc) is 2.58. The first-order valence-corrected chi connectivity index (χ1v) is 7.79. The van der Waals surface area contributed by atoms with Gasteiger partial charge >= 0.3 is 0 Å². The Bertz CT molecular complexity index is 734. The summed E-state index contributed by atoms with van der Waals surface area (Å²) in [7, 11) is 2.15. The van der Waals surface area contributed by atoms with Crippen molar-refractivity contribution in [1.82, 2.24) is 14.9 Å². The van der Waals surface area contributed by atoms with Crippen LogP contribution < -0.4 is 0 Å². The Morgan fingerprint density at radius 1 is 0.739 bits per heavy atom. The fraction of sp³-hybridized carbons (Fsp3) is 0.200. The molecule has 0 radical (unpaired) electrons. The van der Waals surface area contributed by atoms with E-state index in [1.165, 1.54) is 16.7 Å². The van der Waals surface area contributed by atoms with Crippen molar-refractivity contribution in [3.8, 4) is 11.1 Å². The highest BCUT2D eigenvalue weighted by Crippen LogP contribution is 2.18. The summed E-state index contributed by atoms with van der Waals surface area (Å²) in [6.07, 6.45) is 5.23.